The van der Waals surface area contributed by atoms with Crippen LogP contribution in [0.1, 0.15) is 16.8 Å². The summed E-state index contributed by atoms with van der Waals surface area (Å²) >= 11 is 3.54. The van der Waals surface area contributed by atoms with Crippen molar-refractivity contribution in [2.75, 3.05) is 16.8 Å². The van der Waals surface area contributed by atoms with E-state index in [1.165, 1.54) is 16.8 Å². The van der Waals surface area contributed by atoms with Crippen LogP contribution in [0.2, 0.25) is 0 Å². The van der Waals surface area contributed by atoms with Gasteiger partial charge in [-0.2, -0.15) is 4.98 Å². The average molecular weight is 395 g/mol. The minimum absolute atomic E-state index is 0.751. The zero-order valence-electron chi connectivity index (χ0n) is 14.3. The largest absolute Gasteiger partial charge is 0.340 e. The Morgan fingerprint density at radius 1 is 1.04 bits per heavy atom. The van der Waals surface area contributed by atoms with Gasteiger partial charge in [-0.1, -0.05) is 34.1 Å². The molecule has 0 bridgehead atoms. The number of nitrogens with one attached hydrogen (secondary N) is 1. The molecule has 126 valence electrons. The van der Waals surface area contributed by atoms with Crippen molar-refractivity contribution in [2.45, 2.75) is 20.3 Å². The van der Waals surface area contributed by atoms with E-state index in [0.29, 0.717) is 0 Å². The predicted octanol–water partition coefficient (Wildman–Crippen LogP) is 5.29. The molecule has 0 unspecified atom stereocenters. The van der Waals surface area contributed by atoms with Gasteiger partial charge in [-0.3, -0.25) is 0 Å². The summed E-state index contributed by atoms with van der Waals surface area (Å²) in [4.78, 5) is 11.6. The normalized spacial score (nSPS) is 13.0. The Kier molecular flexibility index (Phi) is 4.17. The second-order valence-electron chi connectivity index (χ2n) is 6.31. The summed E-state index contributed by atoms with van der Waals surface area (Å²) in [6.07, 6.45) is 1.03. The van der Waals surface area contributed by atoms with Crippen LogP contribution < -0.4 is 10.2 Å². The highest BCUT2D eigenvalue weighted by Crippen LogP contribution is 2.33. The van der Waals surface area contributed by atoms with E-state index in [1.54, 1.807) is 0 Å². The number of halogens is 1. The number of benzene rings is 2. The van der Waals surface area contributed by atoms with Crippen molar-refractivity contribution < 1.29 is 0 Å². The zero-order chi connectivity index (χ0) is 17.4. The van der Waals surface area contributed by atoms with E-state index in [-0.39, 0.29) is 0 Å². The van der Waals surface area contributed by atoms with Crippen LogP contribution in [-0.2, 0) is 6.42 Å². The van der Waals surface area contributed by atoms with Gasteiger partial charge in [-0.25, -0.2) is 4.98 Å². The van der Waals surface area contributed by atoms with Crippen LogP contribution in [0.15, 0.2) is 53.0 Å². The van der Waals surface area contributed by atoms with Crippen molar-refractivity contribution >= 4 is 39.1 Å². The van der Waals surface area contributed by atoms with E-state index in [0.717, 1.165) is 40.6 Å². The fraction of sp³-hybridized carbons (Fsp3) is 0.200. The van der Waals surface area contributed by atoms with Gasteiger partial charge in [-0.05, 0) is 55.7 Å². The number of hydrogen-bond acceptors (Lipinski definition) is 4. The topological polar surface area (TPSA) is 41.1 Å². The van der Waals surface area contributed by atoms with E-state index in [1.807, 2.05) is 25.1 Å². The molecular formula is C20H19BrN4. The molecule has 0 radical (unpaired) electrons. The smallest absolute Gasteiger partial charge is 0.232 e. The highest BCUT2D eigenvalue weighted by atomic mass is 79.9. The third-order valence-electron chi connectivity index (χ3n) is 4.40. The van der Waals surface area contributed by atoms with Gasteiger partial charge >= 0.3 is 0 Å². The molecule has 3 aromatic rings. The number of anilines is 4. The lowest BCUT2D eigenvalue weighted by Crippen LogP contribution is -2.17. The molecule has 2 aromatic carbocycles. The second-order valence-corrected chi connectivity index (χ2v) is 7.17. The molecule has 0 spiro atoms. The van der Waals surface area contributed by atoms with Crippen LogP contribution in [0.3, 0.4) is 0 Å². The standard InChI is InChI=1S/C20H19BrN4/c1-13-11-16(7-8-17(13)21)23-19-12-14(2)22-20(24-19)25-10-9-15-5-3-4-6-18(15)25/h3-8,11-12H,9-10H2,1-2H3,(H,22,23,24). The molecule has 1 N–H and O–H groups in total. The van der Waals surface area contributed by atoms with Gasteiger partial charge in [-0.15, -0.1) is 0 Å². The average Bonchev–Trinajstić information content (AvgIpc) is 3.02. The molecule has 0 amide bonds. The Labute approximate surface area is 156 Å². The summed E-state index contributed by atoms with van der Waals surface area (Å²) in [7, 11) is 0. The van der Waals surface area contributed by atoms with Gasteiger partial charge in [0.25, 0.3) is 0 Å². The minimum atomic E-state index is 0.751. The number of hydrogen-bond donors (Lipinski definition) is 1. The van der Waals surface area contributed by atoms with E-state index in [4.69, 9.17) is 4.98 Å². The lowest BCUT2D eigenvalue weighted by molar-refractivity contribution is 0.931. The number of para-hydroxylation sites is 1. The molecule has 0 atom stereocenters. The fourth-order valence-corrected chi connectivity index (χ4v) is 3.40. The van der Waals surface area contributed by atoms with Gasteiger partial charge in [0.15, 0.2) is 0 Å². The first kappa shape index (κ1) is 16.1. The fourth-order valence-electron chi connectivity index (χ4n) is 3.15. The lowest BCUT2D eigenvalue weighted by atomic mass is 10.2. The SMILES string of the molecule is Cc1cc(Nc2ccc(Br)c(C)c2)nc(N2CCc3ccccc32)n1. The summed E-state index contributed by atoms with van der Waals surface area (Å²) < 4.78 is 1.10. The monoisotopic (exact) mass is 394 g/mol. The third kappa shape index (κ3) is 3.24. The highest BCUT2D eigenvalue weighted by molar-refractivity contribution is 9.10. The lowest BCUT2D eigenvalue weighted by Gasteiger charge is -2.18. The van der Waals surface area contributed by atoms with Crippen molar-refractivity contribution in [3.05, 3.63) is 69.8 Å². The zero-order valence-corrected chi connectivity index (χ0v) is 15.8. The molecule has 2 heterocycles. The van der Waals surface area contributed by atoms with E-state index in [2.05, 4.69) is 68.4 Å². The van der Waals surface area contributed by atoms with Gasteiger partial charge in [0.2, 0.25) is 5.95 Å². The maximum atomic E-state index is 4.75. The predicted molar refractivity (Wildman–Crippen MR) is 106 cm³/mol. The summed E-state index contributed by atoms with van der Waals surface area (Å²) in [5.74, 6) is 1.56. The molecule has 4 nitrogen and oxygen atoms in total. The van der Waals surface area contributed by atoms with Crippen molar-refractivity contribution in [1.82, 2.24) is 9.97 Å². The van der Waals surface area contributed by atoms with Crippen molar-refractivity contribution in [1.29, 1.82) is 0 Å². The molecule has 1 aromatic heterocycles. The molecule has 0 saturated heterocycles. The molecule has 4 rings (SSSR count). The number of rotatable bonds is 3. The first-order valence-corrected chi connectivity index (χ1v) is 9.14. The van der Waals surface area contributed by atoms with Crippen LogP contribution in [-0.4, -0.2) is 16.5 Å². The molecule has 5 heteroatoms. The molecule has 0 fully saturated rings. The van der Waals surface area contributed by atoms with Crippen LogP contribution >= 0.6 is 15.9 Å². The summed E-state index contributed by atoms with van der Waals surface area (Å²) in [5, 5.41) is 3.40. The highest BCUT2D eigenvalue weighted by Gasteiger charge is 2.22. The van der Waals surface area contributed by atoms with Gasteiger partial charge in [0.05, 0.1) is 0 Å². The molecular weight excluding hydrogens is 376 g/mol. The first-order chi connectivity index (χ1) is 12.1. The summed E-state index contributed by atoms with van der Waals surface area (Å²) in [5.41, 5.74) is 5.71. The first-order valence-electron chi connectivity index (χ1n) is 8.34. The third-order valence-corrected chi connectivity index (χ3v) is 5.29. The number of fused-ring (bicyclic) bond motifs is 1. The van der Waals surface area contributed by atoms with Gasteiger partial charge < -0.3 is 10.2 Å². The molecule has 1 aliphatic rings. The van der Waals surface area contributed by atoms with Crippen LogP contribution in [0.5, 0.6) is 0 Å². The Morgan fingerprint density at radius 3 is 2.72 bits per heavy atom. The van der Waals surface area contributed by atoms with Crippen molar-refractivity contribution in [2.24, 2.45) is 0 Å². The summed E-state index contributed by atoms with van der Waals surface area (Å²) in [6.45, 7) is 5.00. The molecule has 0 aliphatic carbocycles. The minimum Gasteiger partial charge on any atom is -0.340 e. The molecule has 0 saturated carbocycles. The number of aryl methyl sites for hydroxylation is 2. The Bertz CT molecular complexity index is 939. The van der Waals surface area contributed by atoms with Crippen molar-refractivity contribution in [3.63, 3.8) is 0 Å². The molecule has 1 aliphatic heterocycles. The van der Waals surface area contributed by atoms with Crippen molar-refractivity contribution in [3.8, 4) is 0 Å². The number of nitrogens with zero attached hydrogens (tertiary/aromatic N) is 3. The van der Waals surface area contributed by atoms with Gasteiger partial charge in [0, 0.05) is 34.2 Å². The van der Waals surface area contributed by atoms with Gasteiger partial charge in [0.1, 0.15) is 5.82 Å². The Hall–Kier alpha value is -2.40. The van der Waals surface area contributed by atoms with E-state index in [9.17, 15) is 0 Å². The maximum Gasteiger partial charge on any atom is 0.232 e. The van der Waals surface area contributed by atoms with Crippen LogP contribution in [0.25, 0.3) is 0 Å². The molecule has 25 heavy (non-hydrogen) atoms. The maximum absolute atomic E-state index is 4.75. The van der Waals surface area contributed by atoms with Crippen LogP contribution in [0.4, 0.5) is 23.1 Å². The summed E-state index contributed by atoms with van der Waals surface area (Å²) in [6, 6.07) is 16.6. The Morgan fingerprint density at radius 2 is 1.88 bits per heavy atom. The second kappa shape index (κ2) is 6.48. The quantitative estimate of drug-likeness (QED) is 0.654. The van der Waals surface area contributed by atoms with E-state index >= 15 is 0 Å². The van der Waals surface area contributed by atoms with Crippen LogP contribution in [0, 0.1) is 13.8 Å². The Balaban J connectivity index is 1.66. The van der Waals surface area contributed by atoms with E-state index < -0.39 is 0 Å². The number of aromatic nitrogens is 2.